The fourth-order valence-corrected chi connectivity index (χ4v) is 4.42. The fourth-order valence-electron chi connectivity index (χ4n) is 4.13. The Morgan fingerprint density at radius 2 is 1.85 bits per heavy atom. The van der Waals surface area contributed by atoms with Crippen LogP contribution in [0.1, 0.15) is 28.8 Å². The van der Waals surface area contributed by atoms with Crippen LogP contribution in [0.4, 0.5) is 11.4 Å². The van der Waals surface area contributed by atoms with Crippen molar-refractivity contribution in [2.45, 2.75) is 25.9 Å². The van der Waals surface area contributed by atoms with E-state index < -0.39 is 5.56 Å². The van der Waals surface area contributed by atoms with Crippen LogP contribution in [-0.4, -0.2) is 34.9 Å². The zero-order chi connectivity index (χ0) is 27.4. The Morgan fingerprint density at radius 3 is 2.54 bits per heavy atom. The van der Waals surface area contributed by atoms with Crippen LogP contribution >= 0.6 is 23.2 Å². The molecule has 1 aliphatic rings. The van der Waals surface area contributed by atoms with E-state index in [0.29, 0.717) is 39.3 Å². The molecule has 1 aliphatic heterocycles. The minimum atomic E-state index is -0.462. The Hall–Kier alpha value is -3.85. The molecule has 0 saturated carbocycles. The summed E-state index contributed by atoms with van der Waals surface area (Å²) in [5, 5.41) is 11.0. The van der Waals surface area contributed by atoms with Crippen LogP contribution in [0.25, 0.3) is 5.69 Å². The number of hydrogen-bond acceptors (Lipinski definition) is 6. The van der Waals surface area contributed by atoms with Gasteiger partial charge < -0.3 is 20.1 Å². The maximum absolute atomic E-state index is 13.6. The van der Waals surface area contributed by atoms with E-state index in [-0.39, 0.29) is 23.4 Å². The molecular formula is C29H26Cl2N4O4. The summed E-state index contributed by atoms with van der Waals surface area (Å²) in [7, 11) is 0. The van der Waals surface area contributed by atoms with E-state index in [9.17, 15) is 9.59 Å². The minimum absolute atomic E-state index is 0.0613. The average Bonchev–Trinajstić information content (AvgIpc) is 3.46. The van der Waals surface area contributed by atoms with Gasteiger partial charge in [-0.25, -0.2) is 0 Å². The predicted molar refractivity (Wildman–Crippen MR) is 152 cm³/mol. The highest BCUT2D eigenvalue weighted by atomic mass is 35.5. The molecule has 1 unspecified atom stereocenters. The highest BCUT2D eigenvalue weighted by Crippen LogP contribution is 2.30. The second kappa shape index (κ2) is 11.9. The van der Waals surface area contributed by atoms with Gasteiger partial charge in [0.15, 0.2) is 11.4 Å². The second-order valence-corrected chi connectivity index (χ2v) is 9.98. The Bertz CT molecular complexity index is 1530. The molecule has 0 aliphatic carbocycles. The molecule has 2 heterocycles. The molecule has 1 amide bonds. The lowest BCUT2D eigenvalue weighted by Crippen LogP contribution is -2.31. The highest BCUT2D eigenvalue weighted by molar-refractivity contribution is 6.42. The van der Waals surface area contributed by atoms with Crippen LogP contribution in [0.3, 0.4) is 0 Å². The first-order valence-electron chi connectivity index (χ1n) is 12.5. The lowest BCUT2D eigenvalue weighted by Gasteiger charge is -2.15. The number of nitrogens with one attached hydrogen (secondary N) is 2. The number of hydrogen-bond donors (Lipinski definition) is 2. The van der Waals surface area contributed by atoms with Gasteiger partial charge >= 0.3 is 0 Å². The van der Waals surface area contributed by atoms with Gasteiger partial charge in [0.05, 0.1) is 28.0 Å². The number of carbonyl (C=O) groups is 1. The average molecular weight is 565 g/mol. The van der Waals surface area contributed by atoms with Gasteiger partial charge in [-0.05, 0) is 74.4 Å². The molecule has 4 aromatic rings. The van der Waals surface area contributed by atoms with Gasteiger partial charge in [0, 0.05) is 24.4 Å². The molecule has 1 aromatic heterocycles. The number of benzene rings is 3. The minimum Gasteiger partial charge on any atom is -0.453 e. The molecule has 0 spiro atoms. The van der Waals surface area contributed by atoms with Crippen LogP contribution in [0.15, 0.2) is 77.7 Å². The summed E-state index contributed by atoms with van der Waals surface area (Å²) in [5.74, 6) is 0.597. The lowest BCUT2D eigenvalue weighted by atomic mass is 10.1. The van der Waals surface area contributed by atoms with Crippen molar-refractivity contribution in [1.29, 1.82) is 0 Å². The Labute approximate surface area is 235 Å². The van der Waals surface area contributed by atoms with Crippen molar-refractivity contribution in [3.8, 4) is 17.2 Å². The number of carbonyl (C=O) groups excluding carboxylic acids is 1. The van der Waals surface area contributed by atoms with E-state index in [4.69, 9.17) is 32.7 Å². The quantitative estimate of drug-likeness (QED) is 0.261. The van der Waals surface area contributed by atoms with E-state index in [1.165, 1.54) is 10.9 Å². The Balaban J connectivity index is 1.42. The number of amides is 1. The normalized spacial score (nSPS) is 14.7. The number of anilines is 2. The van der Waals surface area contributed by atoms with Gasteiger partial charge in [-0.3, -0.25) is 9.59 Å². The molecule has 39 heavy (non-hydrogen) atoms. The maximum atomic E-state index is 13.6. The van der Waals surface area contributed by atoms with Crippen molar-refractivity contribution in [2.75, 3.05) is 18.5 Å². The van der Waals surface area contributed by atoms with Crippen molar-refractivity contribution in [1.82, 2.24) is 15.1 Å². The van der Waals surface area contributed by atoms with Gasteiger partial charge in [0.1, 0.15) is 5.75 Å². The van der Waals surface area contributed by atoms with Crippen LogP contribution in [0.2, 0.25) is 10.0 Å². The maximum Gasteiger partial charge on any atom is 0.299 e. The van der Waals surface area contributed by atoms with E-state index >= 15 is 0 Å². The third-order valence-corrected chi connectivity index (χ3v) is 7.01. The fraction of sp³-hybridized carbons (Fsp3) is 0.207. The highest BCUT2D eigenvalue weighted by Gasteiger charge is 2.18. The van der Waals surface area contributed by atoms with Gasteiger partial charge in [0.25, 0.3) is 11.5 Å². The van der Waals surface area contributed by atoms with Gasteiger partial charge in [-0.1, -0.05) is 40.9 Å². The zero-order valence-electron chi connectivity index (χ0n) is 21.1. The Morgan fingerprint density at radius 1 is 1.08 bits per heavy atom. The molecule has 2 N–H and O–H groups in total. The molecule has 200 valence electrons. The number of rotatable bonds is 8. The van der Waals surface area contributed by atoms with Crippen LogP contribution in [0.5, 0.6) is 11.5 Å². The summed E-state index contributed by atoms with van der Waals surface area (Å²) in [4.78, 5) is 26.2. The van der Waals surface area contributed by atoms with Crippen molar-refractivity contribution < 1.29 is 14.3 Å². The van der Waals surface area contributed by atoms with E-state index in [1.54, 1.807) is 42.5 Å². The zero-order valence-corrected chi connectivity index (χ0v) is 22.6. The summed E-state index contributed by atoms with van der Waals surface area (Å²) in [6, 6.07) is 19.1. The number of nitrogens with zero attached hydrogens (tertiary/aromatic N) is 2. The number of aromatic nitrogens is 2. The molecule has 0 radical (unpaired) electrons. The number of halogens is 2. The van der Waals surface area contributed by atoms with Gasteiger partial charge in [-0.15, -0.1) is 0 Å². The summed E-state index contributed by atoms with van der Waals surface area (Å²) >= 11 is 12.2. The predicted octanol–water partition coefficient (Wildman–Crippen LogP) is 6.29. The lowest BCUT2D eigenvalue weighted by molar-refractivity contribution is 0.0858. The van der Waals surface area contributed by atoms with E-state index in [1.807, 2.05) is 31.2 Å². The first kappa shape index (κ1) is 26.7. The molecule has 1 fully saturated rings. The molecular weight excluding hydrogens is 539 g/mol. The first-order chi connectivity index (χ1) is 18.9. The molecule has 1 saturated heterocycles. The molecule has 3 aromatic carbocycles. The molecule has 10 heteroatoms. The molecule has 1 atom stereocenters. The molecule has 8 nitrogen and oxygen atoms in total. The second-order valence-electron chi connectivity index (χ2n) is 9.16. The summed E-state index contributed by atoms with van der Waals surface area (Å²) < 4.78 is 12.8. The summed E-state index contributed by atoms with van der Waals surface area (Å²) in [5.41, 5.74) is 2.30. The van der Waals surface area contributed by atoms with Crippen LogP contribution in [-0.2, 0) is 4.74 Å². The van der Waals surface area contributed by atoms with Crippen LogP contribution in [0, 0.1) is 6.92 Å². The van der Waals surface area contributed by atoms with Crippen molar-refractivity contribution in [3.63, 3.8) is 0 Å². The number of ether oxygens (including phenoxy) is 2. The van der Waals surface area contributed by atoms with E-state index in [0.717, 1.165) is 25.0 Å². The largest absolute Gasteiger partial charge is 0.453 e. The Kier molecular flexibility index (Phi) is 8.16. The van der Waals surface area contributed by atoms with Gasteiger partial charge in [0.2, 0.25) is 0 Å². The standard InChI is InChI=1S/C29H26Cl2N4O4/c1-18-4-11-22(12-5-18)39-26-17-33-35(21-10-13-24(30)25(31)15-21)29(37)27(26)34-20-8-6-19(7-9-20)28(36)32-16-23-3-2-14-38-23/h4-13,15,17,23,34H,2-3,14,16H2,1H3,(H,32,36). The smallest absolute Gasteiger partial charge is 0.299 e. The topological polar surface area (TPSA) is 94.5 Å². The third-order valence-electron chi connectivity index (χ3n) is 6.27. The summed E-state index contributed by atoms with van der Waals surface area (Å²) in [6.45, 7) is 3.19. The van der Waals surface area contributed by atoms with Crippen molar-refractivity contribution >= 4 is 40.5 Å². The van der Waals surface area contributed by atoms with E-state index in [2.05, 4.69) is 15.7 Å². The monoisotopic (exact) mass is 564 g/mol. The number of aryl methyl sites for hydroxylation is 1. The third kappa shape index (κ3) is 6.42. The molecule has 5 rings (SSSR count). The van der Waals surface area contributed by atoms with Crippen molar-refractivity contribution in [2.24, 2.45) is 0 Å². The summed E-state index contributed by atoms with van der Waals surface area (Å²) in [6.07, 6.45) is 3.48. The van der Waals surface area contributed by atoms with Gasteiger partial charge in [-0.2, -0.15) is 9.78 Å². The first-order valence-corrected chi connectivity index (χ1v) is 13.2. The molecule has 0 bridgehead atoms. The SMILES string of the molecule is Cc1ccc(Oc2cnn(-c3ccc(Cl)c(Cl)c3)c(=O)c2Nc2ccc(C(=O)NCC3CCCO3)cc2)cc1. The van der Waals surface area contributed by atoms with Crippen molar-refractivity contribution in [3.05, 3.63) is 104 Å². The van der Waals surface area contributed by atoms with Crippen LogP contribution < -0.4 is 20.9 Å².